The highest BCUT2D eigenvalue weighted by atomic mass is 127. The maximum atomic E-state index is 9.03. The van der Waals surface area contributed by atoms with E-state index in [4.69, 9.17) is 10.5 Å². The van der Waals surface area contributed by atoms with Crippen molar-refractivity contribution >= 4 is 68.7 Å². The average molecular weight is 524 g/mol. The van der Waals surface area contributed by atoms with Crippen LogP contribution in [0.15, 0.2) is 25.7 Å². The minimum atomic E-state index is 0.0798. The summed E-state index contributed by atoms with van der Waals surface area (Å²) in [5.74, 6) is 0. The molecule has 1 aliphatic heterocycles. The standard InChI is InChI=1S/C14H10I2N2S2/c1-14(2,3)8-4-9(15)11-12(10(8)16)20-13(19-11)7(5-17)6-18/h4H,1-3H3. The summed E-state index contributed by atoms with van der Waals surface area (Å²) in [6.45, 7) is 6.60. The molecule has 1 aliphatic rings. The first-order valence-corrected chi connectivity index (χ1v) is 9.51. The predicted molar refractivity (Wildman–Crippen MR) is 101 cm³/mol. The van der Waals surface area contributed by atoms with Crippen LogP contribution in [-0.2, 0) is 5.41 Å². The normalized spacial score (nSPS) is 13.7. The molecule has 0 N–H and O–H groups in total. The van der Waals surface area contributed by atoms with Gasteiger partial charge in [0.15, 0.2) is 0 Å². The number of hydrogen-bond donors (Lipinski definition) is 0. The lowest BCUT2D eigenvalue weighted by atomic mass is 9.87. The van der Waals surface area contributed by atoms with Crippen LogP contribution in [-0.4, -0.2) is 0 Å². The van der Waals surface area contributed by atoms with Gasteiger partial charge in [-0.2, -0.15) is 10.5 Å². The lowest BCUT2D eigenvalue weighted by Gasteiger charge is -2.22. The van der Waals surface area contributed by atoms with E-state index in [9.17, 15) is 0 Å². The largest absolute Gasteiger partial charge is 0.192 e. The van der Waals surface area contributed by atoms with Crippen LogP contribution in [0.2, 0.25) is 0 Å². The Morgan fingerprint density at radius 1 is 1.10 bits per heavy atom. The molecule has 0 fully saturated rings. The molecule has 0 amide bonds. The Labute approximate surface area is 154 Å². The van der Waals surface area contributed by atoms with Gasteiger partial charge in [-0.1, -0.05) is 44.3 Å². The van der Waals surface area contributed by atoms with Gasteiger partial charge in [-0.25, -0.2) is 0 Å². The van der Waals surface area contributed by atoms with Crippen LogP contribution >= 0.6 is 68.7 Å². The molecule has 0 unspecified atom stereocenters. The minimum absolute atomic E-state index is 0.0798. The molecule has 0 aromatic heterocycles. The summed E-state index contributed by atoms with van der Waals surface area (Å²) in [5.41, 5.74) is 1.60. The van der Waals surface area contributed by atoms with Crippen LogP contribution < -0.4 is 0 Å². The van der Waals surface area contributed by atoms with Crippen LogP contribution in [0.4, 0.5) is 0 Å². The molecule has 102 valence electrons. The number of nitriles is 2. The van der Waals surface area contributed by atoms with Gasteiger partial charge in [0, 0.05) is 16.9 Å². The van der Waals surface area contributed by atoms with Gasteiger partial charge in [0.2, 0.25) is 0 Å². The van der Waals surface area contributed by atoms with E-state index in [-0.39, 0.29) is 11.0 Å². The number of hydrogen-bond acceptors (Lipinski definition) is 4. The molecule has 0 saturated heterocycles. The molecule has 0 aliphatic carbocycles. The zero-order valence-corrected chi connectivity index (χ0v) is 17.0. The number of benzene rings is 1. The minimum Gasteiger partial charge on any atom is -0.192 e. The zero-order valence-electron chi connectivity index (χ0n) is 11.0. The van der Waals surface area contributed by atoms with E-state index in [0.717, 1.165) is 4.24 Å². The third-order valence-corrected chi connectivity index (χ3v) is 8.11. The van der Waals surface area contributed by atoms with Crippen LogP contribution in [0.5, 0.6) is 0 Å². The van der Waals surface area contributed by atoms with Crippen molar-refractivity contribution in [3.05, 3.63) is 28.6 Å². The second kappa shape index (κ2) is 6.07. The smallest absolute Gasteiger partial charge is 0.150 e. The summed E-state index contributed by atoms with van der Waals surface area (Å²) in [6.07, 6.45) is 0. The van der Waals surface area contributed by atoms with Crippen molar-refractivity contribution in [3.63, 3.8) is 0 Å². The van der Waals surface area contributed by atoms with Gasteiger partial charge in [-0.15, -0.1) is 0 Å². The lowest BCUT2D eigenvalue weighted by Crippen LogP contribution is -2.14. The van der Waals surface area contributed by atoms with Crippen LogP contribution in [0, 0.1) is 29.8 Å². The molecule has 0 radical (unpaired) electrons. The number of halogens is 2. The summed E-state index contributed by atoms with van der Waals surface area (Å²) in [6, 6.07) is 6.19. The molecule has 1 aromatic carbocycles. The second-order valence-electron chi connectivity index (χ2n) is 5.22. The number of allylic oxidation sites excluding steroid dienone is 1. The predicted octanol–water partition coefficient (Wildman–Crippen LogP) is 5.65. The Kier molecular flexibility index (Phi) is 5.00. The average Bonchev–Trinajstić information content (AvgIpc) is 2.79. The Morgan fingerprint density at radius 2 is 1.65 bits per heavy atom. The van der Waals surface area contributed by atoms with Crippen LogP contribution in [0.3, 0.4) is 0 Å². The number of fused-ring (bicyclic) bond motifs is 1. The molecule has 20 heavy (non-hydrogen) atoms. The highest BCUT2D eigenvalue weighted by Gasteiger charge is 2.30. The molecule has 6 heteroatoms. The van der Waals surface area contributed by atoms with Gasteiger partial charge in [0.25, 0.3) is 0 Å². The topological polar surface area (TPSA) is 47.6 Å². The highest BCUT2D eigenvalue weighted by molar-refractivity contribution is 14.1. The summed E-state index contributed by atoms with van der Waals surface area (Å²) < 4.78 is 3.21. The van der Waals surface area contributed by atoms with Gasteiger partial charge in [-0.3, -0.25) is 0 Å². The summed E-state index contributed by atoms with van der Waals surface area (Å²) in [7, 11) is 0. The van der Waals surface area contributed by atoms with Gasteiger partial charge in [0.05, 0.1) is 4.24 Å². The molecule has 1 heterocycles. The van der Waals surface area contributed by atoms with Crippen molar-refractivity contribution < 1.29 is 0 Å². The monoisotopic (exact) mass is 524 g/mol. The molecule has 0 spiro atoms. The number of rotatable bonds is 0. The Hall–Kier alpha value is 0.1000. The van der Waals surface area contributed by atoms with Gasteiger partial charge < -0.3 is 0 Å². The van der Waals surface area contributed by atoms with Crippen LogP contribution in [0.25, 0.3) is 0 Å². The Balaban J connectivity index is 2.63. The van der Waals surface area contributed by atoms with Crippen LogP contribution in [0.1, 0.15) is 26.3 Å². The Morgan fingerprint density at radius 3 is 2.15 bits per heavy atom. The summed E-state index contributed by atoms with van der Waals surface area (Å²) in [5, 5.41) is 18.1. The number of nitrogens with zero attached hydrogens (tertiary/aromatic N) is 2. The maximum Gasteiger partial charge on any atom is 0.150 e. The fourth-order valence-electron chi connectivity index (χ4n) is 1.74. The van der Waals surface area contributed by atoms with Crippen molar-refractivity contribution in [3.8, 4) is 12.1 Å². The molecule has 2 rings (SSSR count). The molecule has 0 saturated carbocycles. The van der Waals surface area contributed by atoms with E-state index in [1.54, 1.807) is 11.8 Å². The first-order chi connectivity index (χ1) is 9.29. The third kappa shape index (κ3) is 2.99. The van der Waals surface area contributed by atoms with Gasteiger partial charge in [-0.05, 0) is 62.2 Å². The van der Waals surface area contributed by atoms with E-state index in [1.807, 2.05) is 12.1 Å². The first kappa shape index (κ1) is 16.5. The molecule has 2 nitrogen and oxygen atoms in total. The van der Waals surface area contributed by atoms with Crippen molar-refractivity contribution in [2.24, 2.45) is 0 Å². The van der Waals surface area contributed by atoms with E-state index < -0.39 is 0 Å². The summed E-state index contributed by atoms with van der Waals surface area (Å²) >= 11 is 7.81. The highest BCUT2D eigenvalue weighted by Crippen LogP contribution is 2.56. The first-order valence-electron chi connectivity index (χ1n) is 5.72. The van der Waals surface area contributed by atoms with Gasteiger partial charge in [0.1, 0.15) is 17.7 Å². The van der Waals surface area contributed by atoms with Crippen molar-refractivity contribution in [2.45, 2.75) is 36.0 Å². The molecular weight excluding hydrogens is 514 g/mol. The quantitative estimate of drug-likeness (QED) is 0.325. The molecular formula is C14H10I2N2S2. The zero-order chi connectivity index (χ0) is 15.1. The maximum absolute atomic E-state index is 9.03. The van der Waals surface area contributed by atoms with E-state index in [0.29, 0.717) is 0 Å². The van der Waals surface area contributed by atoms with E-state index in [2.05, 4.69) is 72.0 Å². The fraction of sp³-hybridized carbons (Fsp3) is 0.286. The number of thioether (sulfide) groups is 2. The fourth-order valence-corrected chi connectivity index (χ4v) is 7.01. The third-order valence-electron chi connectivity index (χ3n) is 2.76. The van der Waals surface area contributed by atoms with Crippen molar-refractivity contribution in [1.29, 1.82) is 10.5 Å². The van der Waals surface area contributed by atoms with Crippen molar-refractivity contribution in [1.82, 2.24) is 0 Å². The molecule has 0 bridgehead atoms. The molecule has 1 aromatic rings. The van der Waals surface area contributed by atoms with Gasteiger partial charge >= 0.3 is 0 Å². The van der Waals surface area contributed by atoms with E-state index >= 15 is 0 Å². The second-order valence-corrected chi connectivity index (χ2v) is 9.76. The molecule has 0 atom stereocenters. The van der Waals surface area contributed by atoms with E-state index in [1.165, 1.54) is 34.3 Å². The van der Waals surface area contributed by atoms with Crippen molar-refractivity contribution in [2.75, 3.05) is 0 Å². The Bertz CT molecular complexity index is 688. The summed E-state index contributed by atoms with van der Waals surface area (Å²) in [4.78, 5) is 2.36. The SMILES string of the molecule is CC(C)(C)c1cc(I)c2c(c1I)SC(=C(C#N)C#N)S2. The lowest BCUT2D eigenvalue weighted by molar-refractivity contribution is 0.583.